The Kier molecular flexibility index (Phi) is 5.25. The molecule has 1 saturated heterocycles. The van der Waals surface area contributed by atoms with Crippen molar-refractivity contribution in [3.63, 3.8) is 0 Å². The van der Waals surface area contributed by atoms with Crippen LogP contribution < -0.4 is 9.47 Å². The summed E-state index contributed by atoms with van der Waals surface area (Å²) in [5.41, 5.74) is 0.0566. The second kappa shape index (κ2) is 7.02. The summed E-state index contributed by atoms with van der Waals surface area (Å²) in [6.45, 7) is 4.64. The van der Waals surface area contributed by atoms with Crippen molar-refractivity contribution < 1.29 is 23.0 Å². The minimum atomic E-state index is -3.73. The molecule has 1 aromatic carbocycles. The molecule has 1 aliphatic carbocycles. The fourth-order valence-electron chi connectivity index (χ4n) is 4.59. The van der Waals surface area contributed by atoms with Crippen LogP contribution in [0, 0.1) is 18.8 Å². The number of hydrogen-bond acceptors (Lipinski definition) is 5. The number of aryl methyl sites for hydroxylation is 1. The Bertz CT molecular complexity index is 778. The number of nitrogens with zero attached hydrogens (tertiary/aromatic N) is 1. The van der Waals surface area contributed by atoms with Gasteiger partial charge in [-0.05, 0) is 43.7 Å². The first-order valence-electron chi connectivity index (χ1n) is 9.22. The predicted octanol–water partition coefficient (Wildman–Crippen LogP) is 2.57. The maximum atomic E-state index is 13.3. The van der Waals surface area contributed by atoms with E-state index in [1.54, 1.807) is 6.07 Å². The maximum Gasteiger partial charge on any atom is 0.246 e. The van der Waals surface area contributed by atoms with Crippen LogP contribution in [0.5, 0.6) is 11.5 Å². The van der Waals surface area contributed by atoms with Gasteiger partial charge in [-0.1, -0.05) is 13.3 Å². The highest BCUT2D eigenvalue weighted by Gasteiger charge is 2.50. The van der Waals surface area contributed by atoms with Gasteiger partial charge in [0.05, 0.1) is 19.8 Å². The van der Waals surface area contributed by atoms with Gasteiger partial charge in [0.25, 0.3) is 0 Å². The lowest BCUT2D eigenvalue weighted by Gasteiger charge is -2.40. The third-order valence-electron chi connectivity index (χ3n) is 6.19. The minimum absolute atomic E-state index is 0.00522. The zero-order valence-corrected chi connectivity index (χ0v) is 16.8. The SMILES string of the molecule is CC[C@@]1(O)CCC[C@@H]2CN(S(=O)(=O)c3cc(OC)c(C)cc3OC)C[C@@H]21. The normalized spacial score (nSPS) is 29.4. The van der Waals surface area contributed by atoms with E-state index in [0.717, 1.165) is 24.8 Å². The molecule has 0 unspecified atom stereocenters. The number of methoxy groups -OCH3 is 2. The Labute approximate surface area is 156 Å². The van der Waals surface area contributed by atoms with Gasteiger partial charge in [-0.3, -0.25) is 0 Å². The number of aliphatic hydroxyl groups is 1. The lowest BCUT2D eigenvalue weighted by molar-refractivity contribution is -0.0605. The molecule has 1 aromatic rings. The molecule has 1 saturated carbocycles. The first kappa shape index (κ1) is 19.5. The topological polar surface area (TPSA) is 76.1 Å². The summed E-state index contributed by atoms with van der Waals surface area (Å²) in [6, 6.07) is 3.23. The van der Waals surface area contributed by atoms with E-state index >= 15 is 0 Å². The highest BCUT2D eigenvalue weighted by molar-refractivity contribution is 7.89. The lowest BCUT2D eigenvalue weighted by atomic mass is 9.69. The van der Waals surface area contributed by atoms with Gasteiger partial charge in [-0.15, -0.1) is 0 Å². The number of sulfonamides is 1. The molecule has 3 rings (SSSR count). The fraction of sp³-hybridized carbons (Fsp3) is 0.684. The van der Waals surface area contributed by atoms with Crippen molar-refractivity contribution in [3.8, 4) is 11.5 Å². The molecule has 0 bridgehead atoms. The van der Waals surface area contributed by atoms with Crippen LogP contribution in [0.3, 0.4) is 0 Å². The summed E-state index contributed by atoms with van der Waals surface area (Å²) in [7, 11) is -0.733. The van der Waals surface area contributed by atoms with Crippen molar-refractivity contribution in [2.45, 2.75) is 50.0 Å². The largest absolute Gasteiger partial charge is 0.496 e. The average Bonchev–Trinajstić information content (AvgIpc) is 3.08. The van der Waals surface area contributed by atoms with E-state index < -0.39 is 15.6 Å². The second-order valence-electron chi connectivity index (χ2n) is 7.51. The van der Waals surface area contributed by atoms with Crippen molar-refractivity contribution in [3.05, 3.63) is 17.7 Å². The van der Waals surface area contributed by atoms with Crippen LogP contribution in [-0.4, -0.2) is 50.7 Å². The standard InChI is InChI=1S/C19H29NO5S/c1-5-19(21)8-6-7-14-11-20(12-15(14)19)26(22,23)18-10-16(24-3)13(2)9-17(18)25-4/h9-10,14-15,21H,5-8,11-12H2,1-4H3/t14-,15+,19-/m1/s1. The molecular formula is C19H29NO5S. The highest BCUT2D eigenvalue weighted by atomic mass is 32.2. The van der Waals surface area contributed by atoms with E-state index in [1.165, 1.54) is 24.6 Å². The van der Waals surface area contributed by atoms with Crippen molar-refractivity contribution in [2.24, 2.45) is 11.8 Å². The van der Waals surface area contributed by atoms with E-state index in [0.29, 0.717) is 31.0 Å². The first-order valence-corrected chi connectivity index (χ1v) is 10.7. The molecule has 2 fully saturated rings. The summed E-state index contributed by atoms with van der Waals surface area (Å²) >= 11 is 0. The minimum Gasteiger partial charge on any atom is -0.496 e. The van der Waals surface area contributed by atoms with Gasteiger partial charge in [0.15, 0.2) is 0 Å². The summed E-state index contributed by atoms with van der Waals surface area (Å²) in [4.78, 5) is 0.126. The maximum absolute atomic E-state index is 13.3. The van der Waals surface area contributed by atoms with E-state index in [2.05, 4.69) is 0 Å². The van der Waals surface area contributed by atoms with Crippen LogP contribution >= 0.6 is 0 Å². The first-order chi connectivity index (χ1) is 12.3. The van der Waals surface area contributed by atoms with Crippen LogP contribution in [-0.2, 0) is 10.0 Å². The van der Waals surface area contributed by atoms with Crippen molar-refractivity contribution in [2.75, 3.05) is 27.3 Å². The molecule has 1 N–H and O–H groups in total. The van der Waals surface area contributed by atoms with Crippen LogP contribution in [0.2, 0.25) is 0 Å². The number of ether oxygens (including phenoxy) is 2. The molecule has 0 spiro atoms. The summed E-state index contributed by atoms with van der Waals surface area (Å²) in [6.07, 6.45) is 3.32. The van der Waals surface area contributed by atoms with Crippen LogP contribution in [0.15, 0.2) is 17.0 Å². The van der Waals surface area contributed by atoms with E-state index in [9.17, 15) is 13.5 Å². The Morgan fingerprint density at radius 3 is 2.54 bits per heavy atom. The van der Waals surface area contributed by atoms with Gasteiger partial charge in [0.2, 0.25) is 10.0 Å². The monoisotopic (exact) mass is 383 g/mol. The molecule has 6 nitrogen and oxygen atoms in total. The molecular weight excluding hydrogens is 354 g/mol. The van der Waals surface area contributed by atoms with Gasteiger partial charge in [0.1, 0.15) is 16.4 Å². The molecule has 26 heavy (non-hydrogen) atoms. The lowest BCUT2D eigenvalue weighted by Crippen LogP contribution is -2.44. The molecule has 0 radical (unpaired) electrons. The van der Waals surface area contributed by atoms with Gasteiger partial charge < -0.3 is 14.6 Å². The highest BCUT2D eigenvalue weighted by Crippen LogP contribution is 2.46. The zero-order chi connectivity index (χ0) is 19.1. The summed E-state index contributed by atoms with van der Waals surface area (Å²) in [5.74, 6) is 1.05. The third-order valence-corrected chi connectivity index (χ3v) is 8.05. The third kappa shape index (κ3) is 3.10. The Hall–Kier alpha value is -1.31. The van der Waals surface area contributed by atoms with Gasteiger partial charge in [-0.25, -0.2) is 8.42 Å². The Morgan fingerprint density at radius 1 is 1.23 bits per heavy atom. The van der Waals surface area contributed by atoms with Crippen molar-refractivity contribution >= 4 is 10.0 Å². The van der Waals surface area contributed by atoms with Crippen molar-refractivity contribution in [1.29, 1.82) is 0 Å². The summed E-state index contributed by atoms with van der Waals surface area (Å²) < 4.78 is 38.9. The molecule has 1 heterocycles. The molecule has 7 heteroatoms. The van der Waals surface area contributed by atoms with Crippen molar-refractivity contribution in [1.82, 2.24) is 4.31 Å². The van der Waals surface area contributed by atoms with Gasteiger partial charge in [-0.2, -0.15) is 4.31 Å². The van der Waals surface area contributed by atoms with E-state index in [-0.39, 0.29) is 16.7 Å². The Morgan fingerprint density at radius 2 is 1.92 bits per heavy atom. The molecule has 146 valence electrons. The van der Waals surface area contributed by atoms with Gasteiger partial charge >= 0.3 is 0 Å². The molecule has 0 aromatic heterocycles. The number of benzene rings is 1. The number of rotatable bonds is 5. The smallest absolute Gasteiger partial charge is 0.246 e. The average molecular weight is 384 g/mol. The zero-order valence-electron chi connectivity index (χ0n) is 16.0. The predicted molar refractivity (Wildman–Crippen MR) is 99.1 cm³/mol. The van der Waals surface area contributed by atoms with E-state index in [4.69, 9.17) is 9.47 Å². The van der Waals surface area contributed by atoms with Crippen LogP contribution in [0.4, 0.5) is 0 Å². The molecule has 2 aliphatic rings. The number of hydrogen-bond donors (Lipinski definition) is 1. The fourth-order valence-corrected chi connectivity index (χ4v) is 6.26. The van der Waals surface area contributed by atoms with Crippen LogP contribution in [0.25, 0.3) is 0 Å². The molecule has 3 atom stereocenters. The summed E-state index contributed by atoms with van der Waals surface area (Å²) in [5, 5.41) is 11.0. The Balaban J connectivity index is 1.97. The second-order valence-corrected chi connectivity index (χ2v) is 9.42. The van der Waals surface area contributed by atoms with Gasteiger partial charge in [0, 0.05) is 25.1 Å². The van der Waals surface area contributed by atoms with Crippen LogP contribution in [0.1, 0.15) is 38.2 Å². The van der Waals surface area contributed by atoms with E-state index in [1.807, 2.05) is 13.8 Å². The molecule has 1 aliphatic heterocycles. The molecule has 0 amide bonds. The number of fused-ring (bicyclic) bond motifs is 1. The quantitative estimate of drug-likeness (QED) is 0.846.